The highest BCUT2D eigenvalue weighted by Gasteiger charge is 2.30. The molecule has 0 saturated carbocycles. The van der Waals surface area contributed by atoms with Crippen LogP contribution in [0.2, 0.25) is 0 Å². The Kier molecular flexibility index (Phi) is 6.08. The highest BCUT2D eigenvalue weighted by atomic mass is 16.6. The molecule has 1 atom stereocenters. The minimum Gasteiger partial charge on any atom is -0.368 e. The van der Waals surface area contributed by atoms with Crippen molar-refractivity contribution >= 4 is 16.7 Å². The first-order valence-corrected chi connectivity index (χ1v) is 10.2. The Labute approximate surface area is 182 Å². The van der Waals surface area contributed by atoms with Crippen LogP contribution in [-0.4, -0.2) is 27.0 Å². The number of benzene rings is 1. The molecule has 0 aliphatic carbocycles. The van der Waals surface area contributed by atoms with Crippen molar-refractivity contribution in [2.24, 2.45) is 0 Å². The van der Waals surface area contributed by atoms with Gasteiger partial charge in [-0.05, 0) is 59.2 Å². The Hall–Kier alpha value is -3.33. The molecule has 1 aromatic carbocycles. The maximum atomic E-state index is 10.6. The summed E-state index contributed by atoms with van der Waals surface area (Å²) in [5.74, 6) is 0.137. The van der Waals surface area contributed by atoms with Crippen molar-refractivity contribution in [2.75, 3.05) is 11.9 Å². The van der Waals surface area contributed by atoms with Gasteiger partial charge in [0.1, 0.15) is 0 Å². The molecule has 0 saturated heterocycles. The summed E-state index contributed by atoms with van der Waals surface area (Å²) in [6, 6.07) is 10.1. The maximum absolute atomic E-state index is 10.6. The summed E-state index contributed by atoms with van der Waals surface area (Å²) in [7, 11) is 0. The zero-order valence-electron chi connectivity index (χ0n) is 18.7. The van der Waals surface area contributed by atoms with Gasteiger partial charge in [0, 0.05) is 23.3 Å². The lowest BCUT2D eigenvalue weighted by atomic mass is 9.81. The number of anilines is 1. The van der Waals surface area contributed by atoms with Gasteiger partial charge in [0.05, 0.1) is 40.3 Å². The number of dihydropyridines is 1. The van der Waals surface area contributed by atoms with E-state index in [0.717, 1.165) is 22.3 Å². The molecule has 1 unspecified atom stereocenters. The van der Waals surface area contributed by atoms with Crippen LogP contribution in [0.5, 0.6) is 0 Å². The van der Waals surface area contributed by atoms with E-state index in [-0.39, 0.29) is 0 Å². The molecule has 0 radical (unpaired) electrons. The molecule has 2 heterocycles. The lowest BCUT2D eigenvalue weighted by Crippen LogP contribution is -2.26. The van der Waals surface area contributed by atoms with E-state index in [1.165, 1.54) is 4.68 Å². The normalized spacial score (nSPS) is 16.2. The average Bonchev–Trinajstić information content (AvgIpc) is 3.04. The number of aliphatic hydroxyl groups is 1. The molecule has 3 N–H and O–H groups in total. The van der Waals surface area contributed by atoms with E-state index in [1.807, 2.05) is 59.7 Å². The third kappa shape index (κ3) is 4.27. The number of aliphatic hydroxyl groups excluding tert-OH is 1. The fraction of sp³-hybridized carbons (Fsp3) is 0.435. The van der Waals surface area contributed by atoms with Crippen LogP contribution in [0.3, 0.4) is 0 Å². The Morgan fingerprint density at radius 1 is 1.23 bits per heavy atom. The molecule has 1 aliphatic heterocycles. The van der Waals surface area contributed by atoms with E-state index in [9.17, 15) is 15.6 Å². The lowest BCUT2D eigenvalue weighted by Gasteiger charge is -2.26. The van der Waals surface area contributed by atoms with Crippen molar-refractivity contribution in [1.82, 2.24) is 15.1 Å². The molecule has 0 amide bonds. The van der Waals surface area contributed by atoms with Gasteiger partial charge in [-0.2, -0.15) is 10.5 Å². The first kappa shape index (κ1) is 22.4. The molecule has 8 heteroatoms. The highest BCUT2D eigenvalue weighted by molar-refractivity contribution is 5.91. The number of hydrogen-bond acceptors (Lipinski definition) is 7. The summed E-state index contributed by atoms with van der Waals surface area (Å²) >= 11 is 0. The van der Waals surface area contributed by atoms with Crippen molar-refractivity contribution in [3.63, 3.8) is 0 Å². The second-order valence-corrected chi connectivity index (χ2v) is 8.52. The number of fused-ring (bicyclic) bond motifs is 1. The molecule has 0 fully saturated rings. The molecule has 3 rings (SSSR count). The summed E-state index contributed by atoms with van der Waals surface area (Å²) in [6.07, 6.45) is -1.26. The fourth-order valence-electron chi connectivity index (χ4n) is 3.79. The van der Waals surface area contributed by atoms with Crippen LogP contribution >= 0.6 is 0 Å². The minimum atomic E-state index is -1.26. The van der Waals surface area contributed by atoms with E-state index >= 15 is 0 Å². The van der Waals surface area contributed by atoms with Crippen LogP contribution in [0, 0.1) is 22.7 Å². The largest absolute Gasteiger partial charge is 0.368 e. The van der Waals surface area contributed by atoms with Crippen LogP contribution < -0.4 is 10.6 Å². The third-order valence-electron chi connectivity index (χ3n) is 5.08. The summed E-state index contributed by atoms with van der Waals surface area (Å²) in [6.45, 7) is 11.9. The van der Waals surface area contributed by atoms with Crippen LogP contribution in [-0.2, 0) is 4.74 Å². The zero-order valence-corrected chi connectivity index (χ0v) is 18.7. The van der Waals surface area contributed by atoms with Crippen LogP contribution in [0.25, 0.3) is 10.9 Å². The average molecular weight is 421 g/mol. The van der Waals surface area contributed by atoms with E-state index in [4.69, 9.17) is 4.74 Å². The van der Waals surface area contributed by atoms with E-state index in [2.05, 4.69) is 27.9 Å². The Morgan fingerprint density at radius 2 is 1.84 bits per heavy atom. The molecule has 1 aromatic heterocycles. The molecular weight excluding hydrogens is 392 g/mol. The van der Waals surface area contributed by atoms with Crippen molar-refractivity contribution < 1.29 is 9.84 Å². The van der Waals surface area contributed by atoms with Gasteiger partial charge in [0.25, 0.3) is 6.41 Å². The molecule has 0 bridgehead atoms. The number of nitriles is 2. The van der Waals surface area contributed by atoms with Gasteiger partial charge in [0.2, 0.25) is 0 Å². The number of nitrogens with one attached hydrogen (secondary N) is 2. The minimum absolute atomic E-state index is 0.464. The van der Waals surface area contributed by atoms with Gasteiger partial charge in [-0.25, -0.2) is 4.68 Å². The van der Waals surface area contributed by atoms with Gasteiger partial charge in [-0.3, -0.25) is 0 Å². The monoisotopic (exact) mass is 420 g/mol. The molecule has 162 valence electrons. The SMILES string of the molecule is CCNc1nn(C(O)OC(C)(C)C)c2ccc(C3C(C#N)=C(C)NC(C)=C3C#N)cc12. The first-order valence-electron chi connectivity index (χ1n) is 10.2. The first-order chi connectivity index (χ1) is 14.6. The van der Waals surface area contributed by atoms with Gasteiger partial charge in [0.15, 0.2) is 5.82 Å². The molecule has 31 heavy (non-hydrogen) atoms. The Morgan fingerprint density at radius 3 is 2.35 bits per heavy atom. The van der Waals surface area contributed by atoms with Crippen LogP contribution in [0.4, 0.5) is 5.82 Å². The van der Waals surface area contributed by atoms with Crippen molar-refractivity contribution in [2.45, 2.75) is 59.5 Å². The topological polar surface area (TPSA) is 119 Å². The number of rotatable bonds is 5. The molecule has 8 nitrogen and oxygen atoms in total. The summed E-state index contributed by atoms with van der Waals surface area (Å²) < 4.78 is 7.12. The predicted octanol–water partition coefficient (Wildman–Crippen LogP) is 4.01. The van der Waals surface area contributed by atoms with E-state index < -0.39 is 17.9 Å². The molecular formula is C23H28N6O2. The highest BCUT2D eigenvalue weighted by Crippen LogP contribution is 2.39. The quantitative estimate of drug-likeness (QED) is 0.625. The van der Waals surface area contributed by atoms with Crippen molar-refractivity contribution in [3.8, 4) is 12.1 Å². The number of nitrogens with zero attached hydrogens (tertiary/aromatic N) is 4. The Balaban J connectivity index is 2.18. The Bertz CT molecular complexity index is 1120. The van der Waals surface area contributed by atoms with E-state index in [1.54, 1.807) is 0 Å². The van der Waals surface area contributed by atoms with Gasteiger partial charge in [-0.1, -0.05) is 6.07 Å². The smallest absolute Gasteiger partial charge is 0.258 e. The summed E-state index contributed by atoms with van der Waals surface area (Å²) in [5, 5.41) is 41.8. The van der Waals surface area contributed by atoms with Crippen molar-refractivity contribution in [3.05, 3.63) is 46.3 Å². The summed E-state index contributed by atoms with van der Waals surface area (Å²) in [4.78, 5) is 0. The predicted molar refractivity (Wildman–Crippen MR) is 118 cm³/mol. The molecule has 0 spiro atoms. The van der Waals surface area contributed by atoms with Gasteiger partial charge < -0.3 is 20.5 Å². The number of aromatic nitrogens is 2. The van der Waals surface area contributed by atoms with E-state index in [0.29, 0.717) is 29.0 Å². The lowest BCUT2D eigenvalue weighted by molar-refractivity contribution is -0.212. The second-order valence-electron chi connectivity index (χ2n) is 8.52. The third-order valence-corrected chi connectivity index (χ3v) is 5.08. The van der Waals surface area contributed by atoms with Crippen LogP contribution in [0.15, 0.2) is 40.7 Å². The number of hydrogen-bond donors (Lipinski definition) is 3. The number of allylic oxidation sites excluding steroid dienone is 4. The molecule has 2 aromatic rings. The fourth-order valence-corrected chi connectivity index (χ4v) is 3.79. The van der Waals surface area contributed by atoms with Crippen LogP contribution in [0.1, 0.15) is 59.4 Å². The number of ether oxygens (including phenoxy) is 1. The van der Waals surface area contributed by atoms with Gasteiger partial charge in [-0.15, -0.1) is 5.10 Å². The maximum Gasteiger partial charge on any atom is 0.258 e. The molecule has 1 aliphatic rings. The van der Waals surface area contributed by atoms with Crippen molar-refractivity contribution in [1.29, 1.82) is 10.5 Å². The van der Waals surface area contributed by atoms with Gasteiger partial charge >= 0.3 is 0 Å². The standard InChI is InChI=1S/C23H28N6O2/c1-7-26-21-16-10-15(20-17(11-24)13(2)27-14(3)18(20)12-25)8-9-19(16)29(28-21)22(30)31-23(4,5)6/h8-10,20,22,27,30H,7H2,1-6H3,(H,26,28). The zero-order chi connectivity index (χ0) is 22.9. The second kappa shape index (κ2) is 8.43. The summed E-state index contributed by atoms with van der Waals surface area (Å²) in [5.41, 5.74) is 3.43.